The van der Waals surface area contributed by atoms with Crippen LogP contribution in [0.5, 0.6) is 0 Å². The summed E-state index contributed by atoms with van der Waals surface area (Å²) >= 11 is 6.01. The molecule has 0 spiro atoms. The molecule has 2 N–H and O–H groups in total. The number of aromatic nitrogens is 1. The van der Waals surface area contributed by atoms with Gasteiger partial charge in [-0.1, -0.05) is 72.3 Å². The molecule has 3 aromatic carbocycles. The molecule has 0 unspecified atom stereocenters. The van der Waals surface area contributed by atoms with Crippen LogP contribution >= 0.6 is 11.6 Å². The first-order valence-electron chi connectivity index (χ1n) is 9.38. The summed E-state index contributed by atoms with van der Waals surface area (Å²) in [5.74, 6) is -0.812. The summed E-state index contributed by atoms with van der Waals surface area (Å²) in [7, 11) is 0. The van der Waals surface area contributed by atoms with Crippen molar-refractivity contribution in [3.8, 4) is 0 Å². The smallest absolute Gasteiger partial charge is 0.270 e. The number of hydrogen-bond acceptors (Lipinski definition) is 3. The normalized spacial score (nSPS) is 11.6. The van der Waals surface area contributed by atoms with E-state index >= 15 is 0 Å². The van der Waals surface area contributed by atoms with Gasteiger partial charge in [-0.25, -0.2) is 4.98 Å². The van der Waals surface area contributed by atoms with E-state index in [9.17, 15) is 9.59 Å². The van der Waals surface area contributed by atoms with Crippen molar-refractivity contribution >= 4 is 40.0 Å². The standard InChI is InChI=1S/C24H18ClN3O2/c25-18-10-6-11-19(15-18)26-24(30)22(17-8-2-1-3-9-17)28-23(29)21-14-13-16-7-4-5-12-20(16)27-21/h1-15,22H,(H,26,30)(H,28,29)/t22-/m0/s1. The van der Waals surface area contributed by atoms with Gasteiger partial charge in [0.1, 0.15) is 11.7 Å². The van der Waals surface area contributed by atoms with E-state index in [-0.39, 0.29) is 11.6 Å². The number of pyridine rings is 1. The van der Waals surface area contributed by atoms with Crippen LogP contribution in [0.25, 0.3) is 10.9 Å². The first-order chi connectivity index (χ1) is 14.6. The summed E-state index contributed by atoms with van der Waals surface area (Å²) in [4.78, 5) is 30.3. The SMILES string of the molecule is O=C(N[C@H](C(=O)Nc1cccc(Cl)c1)c1ccccc1)c1ccc2ccccc2n1. The number of amides is 2. The Hall–Kier alpha value is -3.70. The van der Waals surface area contributed by atoms with Crippen molar-refractivity contribution < 1.29 is 9.59 Å². The van der Waals surface area contributed by atoms with Crippen molar-refractivity contribution in [1.82, 2.24) is 10.3 Å². The molecule has 4 aromatic rings. The van der Waals surface area contributed by atoms with Gasteiger partial charge < -0.3 is 10.6 Å². The highest BCUT2D eigenvalue weighted by Crippen LogP contribution is 2.20. The molecule has 30 heavy (non-hydrogen) atoms. The Morgan fingerprint density at radius 2 is 1.60 bits per heavy atom. The Labute approximate surface area is 178 Å². The molecule has 1 atom stereocenters. The average molecular weight is 416 g/mol. The Kier molecular flexibility index (Phi) is 5.72. The zero-order valence-corrected chi connectivity index (χ0v) is 16.6. The topological polar surface area (TPSA) is 71.1 Å². The monoisotopic (exact) mass is 415 g/mol. The number of nitrogens with one attached hydrogen (secondary N) is 2. The van der Waals surface area contributed by atoms with Crippen LogP contribution in [0.4, 0.5) is 5.69 Å². The van der Waals surface area contributed by atoms with Gasteiger partial charge in [-0.15, -0.1) is 0 Å². The number of carbonyl (C=O) groups is 2. The van der Waals surface area contributed by atoms with E-state index in [0.717, 1.165) is 5.39 Å². The molecule has 4 rings (SSSR count). The zero-order valence-electron chi connectivity index (χ0n) is 15.9. The maximum Gasteiger partial charge on any atom is 0.270 e. The minimum atomic E-state index is -0.897. The van der Waals surface area contributed by atoms with Crippen LogP contribution in [-0.4, -0.2) is 16.8 Å². The van der Waals surface area contributed by atoms with Gasteiger partial charge >= 0.3 is 0 Å². The Morgan fingerprint density at radius 1 is 0.833 bits per heavy atom. The van der Waals surface area contributed by atoms with Crippen molar-refractivity contribution in [2.45, 2.75) is 6.04 Å². The van der Waals surface area contributed by atoms with Crippen LogP contribution in [0, 0.1) is 0 Å². The van der Waals surface area contributed by atoms with Gasteiger partial charge in [0.15, 0.2) is 0 Å². The molecule has 0 saturated heterocycles. The van der Waals surface area contributed by atoms with E-state index in [1.54, 1.807) is 42.5 Å². The van der Waals surface area contributed by atoms with E-state index in [0.29, 0.717) is 21.8 Å². The number of para-hydroxylation sites is 1. The van der Waals surface area contributed by atoms with Crippen molar-refractivity contribution in [1.29, 1.82) is 0 Å². The maximum atomic E-state index is 13.0. The Balaban J connectivity index is 1.60. The minimum absolute atomic E-state index is 0.241. The minimum Gasteiger partial charge on any atom is -0.335 e. The number of rotatable bonds is 5. The number of nitrogens with zero attached hydrogens (tertiary/aromatic N) is 1. The van der Waals surface area contributed by atoms with Crippen molar-refractivity contribution in [2.24, 2.45) is 0 Å². The van der Waals surface area contributed by atoms with E-state index in [4.69, 9.17) is 11.6 Å². The molecule has 5 nitrogen and oxygen atoms in total. The Bertz CT molecular complexity index is 1210. The van der Waals surface area contributed by atoms with Gasteiger partial charge in [-0.2, -0.15) is 0 Å². The van der Waals surface area contributed by atoms with Gasteiger partial charge in [-0.05, 0) is 35.9 Å². The van der Waals surface area contributed by atoms with Crippen LogP contribution in [0.2, 0.25) is 5.02 Å². The fourth-order valence-corrected chi connectivity index (χ4v) is 3.31. The number of fused-ring (bicyclic) bond motifs is 1. The molecule has 0 aliphatic rings. The number of carbonyl (C=O) groups excluding carboxylic acids is 2. The average Bonchev–Trinajstić information content (AvgIpc) is 2.77. The van der Waals surface area contributed by atoms with Crippen molar-refractivity contribution in [3.05, 3.63) is 107 Å². The molecular formula is C24H18ClN3O2. The highest BCUT2D eigenvalue weighted by Gasteiger charge is 2.24. The largest absolute Gasteiger partial charge is 0.335 e. The maximum absolute atomic E-state index is 13.0. The lowest BCUT2D eigenvalue weighted by molar-refractivity contribution is -0.118. The molecule has 148 valence electrons. The second kappa shape index (κ2) is 8.76. The molecule has 6 heteroatoms. The van der Waals surface area contributed by atoms with E-state index in [1.165, 1.54) is 0 Å². The van der Waals surface area contributed by atoms with E-state index in [2.05, 4.69) is 15.6 Å². The first kappa shape index (κ1) is 19.6. The van der Waals surface area contributed by atoms with Crippen LogP contribution in [-0.2, 0) is 4.79 Å². The van der Waals surface area contributed by atoms with Crippen molar-refractivity contribution in [3.63, 3.8) is 0 Å². The van der Waals surface area contributed by atoms with Gasteiger partial charge in [-0.3, -0.25) is 9.59 Å². The molecule has 0 saturated carbocycles. The summed E-state index contributed by atoms with van der Waals surface area (Å²) in [5.41, 5.74) is 2.16. The van der Waals surface area contributed by atoms with Crippen LogP contribution in [0.3, 0.4) is 0 Å². The number of halogens is 1. The molecule has 1 aromatic heterocycles. The second-order valence-corrected chi connectivity index (χ2v) is 7.14. The lowest BCUT2D eigenvalue weighted by Gasteiger charge is -2.19. The highest BCUT2D eigenvalue weighted by atomic mass is 35.5. The molecule has 0 aliphatic carbocycles. The third kappa shape index (κ3) is 4.47. The fourth-order valence-electron chi connectivity index (χ4n) is 3.12. The third-order valence-corrected chi connectivity index (χ3v) is 4.83. The van der Waals surface area contributed by atoms with Gasteiger partial charge in [0, 0.05) is 16.1 Å². The first-order valence-corrected chi connectivity index (χ1v) is 9.76. The number of hydrogen-bond donors (Lipinski definition) is 2. The van der Waals surface area contributed by atoms with Crippen molar-refractivity contribution in [2.75, 3.05) is 5.32 Å². The quantitative estimate of drug-likeness (QED) is 0.482. The fraction of sp³-hybridized carbons (Fsp3) is 0.0417. The summed E-state index contributed by atoms with van der Waals surface area (Å²) in [6.45, 7) is 0. The predicted molar refractivity (Wildman–Crippen MR) is 118 cm³/mol. The zero-order chi connectivity index (χ0) is 20.9. The van der Waals surface area contributed by atoms with Crippen LogP contribution in [0.1, 0.15) is 22.1 Å². The Morgan fingerprint density at radius 3 is 2.40 bits per heavy atom. The number of benzene rings is 3. The van der Waals surface area contributed by atoms with Crippen LogP contribution < -0.4 is 10.6 Å². The molecule has 0 fully saturated rings. The lowest BCUT2D eigenvalue weighted by Crippen LogP contribution is -2.37. The molecular weight excluding hydrogens is 398 g/mol. The molecule has 2 amide bonds. The summed E-state index contributed by atoms with van der Waals surface area (Å²) < 4.78 is 0. The van der Waals surface area contributed by atoms with E-state index < -0.39 is 11.9 Å². The molecule has 0 aliphatic heterocycles. The lowest BCUT2D eigenvalue weighted by atomic mass is 10.1. The second-order valence-electron chi connectivity index (χ2n) is 6.71. The highest BCUT2D eigenvalue weighted by molar-refractivity contribution is 6.30. The summed E-state index contributed by atoms with van der Waals surface area (Å²) in [6, 6.07) is 26.0. The predicted octanol–water partition coefficient (Wildman–Crippen LogP) is 5.00. The van der Waals surface area contributed by atoms with Crippen LogP contribution in [0.15, 0.2) is 91.0 Å². The van der Waals surface area contributed by atoms with Gasteiger partial charge in [0.25, 0.3) is 11.8 Å². The third-order valence-electron chi connectivity index (χ3n) is 4.59. The molecule has 1 heterocycles. The van der Waals surface area contributed by atoms with Gasteiger partial charge in [0.05, 0.1) is 5.52 Å². The van der Waals surface area contributed by atoms with Gasteiger partial charge in [0.2, 0.25) is 0 Å². The number of anilines is 1. The molecule has 0 bridgehead atoms. The van der Waals surface area contributed by atoms with E-state index in [1.807, 2.05) is 48.5 Å². The summed E-state index contributed by atoms with van der Waals surface area (Å²) in [5, 5.41) is 7.06. The summed E-state index contributed by atoms with van der Waals surface area (Å²) in [6.07, 6.45) is 0. The molecule has 0 radical (unpaired) electrons.